The highest BCUT2D eigenvalue weighted by atomic mass is 16.5. The molecule has 0 saturated heterocycles. The monoisotopic (exact) mass is 197 g/mol. The molecule has 4 heteroatoms. The van der Waals surface area contributed by atoms with E-state index in [2.05, 4.69) is 0 Å². The van der Waals surface area contributed by atoms with Gasteiger partial charge in [0.2, 0.25) is 0 Å². The summed E-state index contributed by atoms with van der Waals surface area (Å²) in [5.74, 6) is 0.971. The molecule has 0 fully saturated rings. The number of rotatable bonds is 4. The zero-order valence-electron chi connectivity index (χ0n) is 8.45. The van der Waals surface area contributed by atoms with Gasteiger partial charge >= 0.3 is 5.63 Å². The summed E-state index contributed by atoms with van der Waals surface area (Å²) < 4.78 is 9.92. The molecule has 0 unspecified atom stereocenters. The number of hydrogen-bond donors (Lipinski definition) is 1. The van der Waals surface area contributed by atoms with Crippen molar-refractivity contribution in [3.05, 3.63) is 28.3 Å². The van der Waals surface area contributed by atoms with Crippen molar-refractivity contribution in [1.82, 2.24) is 0 Å². The fourth-order valence-corrected chi connectivity index (χ4v) is 1.23. The first kappa shape index (κ1) is 10.8. The Hall–Kier alpha value is -1.29. The molecule has 0 aliphatic heterocycles. The predicted molar refractivity (Wildman–Crippen MR) is 53.4 cm³/mol. The topological polar surface area (TPSA) is 65.5 Å². The third-order valence-electron chi connectivity index (χ3n) is 1.96. The van der Waals surface area contributed by atoms with Crippen molar-refractivity contribution in [1.29, 1.82) is 0 Å². The van der Waals surface area contributed by atoms with E-state index in [1.807, 2.05) is 6.92 Å². The largest absolute Gasteiger partial charge is 0.496 e. The predicted octanol–water partition coefficient (Wildman–Crippen LogP) is 1.45. The second-order valence-electron chi connectivity index (χ2n) is 3.11. The molecule has 0 aromatic carbocycles. The fourth-order valence-electron chi connectivity index (χ4n) is 1.23. The lowest BCUT2D eigenvalue weighted by molar-refractivity contribution is 0.376. The minimum absolute atomic E-state index is 0.234. The van der Waals surface area contributed by atoms with E-state index in [1.54, 1.807) is 6.07 Å². The SMILES string of the molecule is CCC[C@@H](N)c1cc(OC)cc(=O)o1. The summed E-state index contributed by atoms with van der Waals surface area (Å²) in [4.78, 5) is 11.1. The van der Waals surface area contributed by atoms with E-state index in [-0.39, 0.29) is 6.04 Å². The number of ether oxygens (including phenoxy) is 1. The van der Waals surface area contributed by atoms with Gasteiger partial charge in [0.15, 0.2) is 0 Å². The van der Waals surface area contributed by atoms with Crippen LogP contribution in [0.5, 0.6) is 5.75 Å². The van der Waals surface area contributed by atoms with E-state index in [9.17, 15) is 4.79 Å². The minimum Gasteiger partial charge on any atom is -0.496 e. The molecule has 0 bridgehead atoms. The van der Waals surface area contributed by atoms with Crippen LogP contribution in [-0.4, -0.2) is 7.11 Å². The van der Waals surface area contributed by atoms with Crippen molar-refractivity contribution in [2.45, 2.75) is 25.8 Å². The Morgan fingerprint density at radius 2 is 2.29 bits per heavy atom. The van der Waals surface area contributed by atoms with E-state index < -0.39 is 5.63 Å². The van der Waals surface area contributed by atoms with Gasteiger partial charge in [0.1, 0.15) is 11.5 Å². The maximum absolute atomic E-state index is 11.1. The Balaban J connectivity index is 2.96. The minimum atomic E-state index is -0.425. The molecular weight excluding hydrogens is 182 g/mol. The lowest BCUT2D eigenvalue weighted by atomic mass is 10.1. The zero-order chi connectivity index (χ0) is 10.6. The molecule has 1 atom stereocenters. The summed E-state index contributed by atoms with van der Waals surface area (Å²) in [5, 5.41) is 0. The molecule has 0 saturated carbocycles. The summed E-state index contributed by atoms with van der Waals surface area (Å²) in [6.07, 6.45) is 1.73. The van der Waals surface area contributed by atoms with E-state index in [0.29, 0.717) is 11.5 Å². The Morgan fingerprint density at radius 1 is 1.57 bits per heavy atom. The van der Waals surface area contributed by atoms with Crippen molar-refractivity contribution < 1.29 is 9.15 Å². The molecule has 2 N–H and O–H groups in total. The van der Waals surface area contributed by atoms with Crippen molar-refractivity contribution in [3.8, 4) is 5.75 Å². The zero-order valence-corrected chi connectivity index (χ0v) is 8.45. The summed E-state index contributed by atoms with van der Waals surface area (Å²) in [5.41, 5.74) is 5.38. The highest BCUT2D eigenvalue weighted by Gasteiger charge is 2.09. The van der Waals surface area contributed by atoms with E-state index in [0.717, 1.165) is 12.8 Å². The van der Waals surface area contributed by atoms with Gasteiger partial charge < -0.3 is 14.9 Å². The molecule has 1 heterocycles. The molecular formula is C10H15NO3. The molecule has 0 spiro atoms. The van der Waals surface area contributed by atoms with Gasteiger partial charge in [-0.05, 0) is 6.42 Å². The molecule has 1 aromatic heterocycles. The highest BCUT2D eigenvalue weighted by molar-refractivity contribution is 5.21. The lowest BCUT2D eigenvalue weighted by Gasteiger charge is -2.09. The molecule has 14 heavy (non-hydrogen) atoms. The first-order chi connectivity index (χ1) is 6.67. The van der Waals surface area contributed by atoms with Gasteiger partial charge in [0.25, 0.3) is 0 Å². The Kier molecular flexibility index (Phi) is 3.71. The first-order valence-corrected chi connectivity index (χ1v) is 4.62. The van der Waals surface area contributed by atoms with Crippen molar-refractivity contribution >= 4 is 0 Å². The molecule has 0 aliphatic carbocycles. The molecule has 4 nitrogen and oxygen atoms in total. The van der Waals surface area contributed by atoms with Crippen LogP contribution in [0.15, 0.2) is 21.3 Å². The number of methoxy groups -OCH3 is 1. The van der Waals surface area contributed by atoms with Crippen LogP contribution < -0.4 is 16.1 Å². The number of hydrogen-bond acceptors (Lipinski definition) is 4. The Morgan fingerprint density at radius 3 is 2.86 bits per heavy atom. The van der Waals surface area contributed by atoms with Crippen LogP contribution in [0.4, 0.5) is 0 Å². The normalized spacial score (nSPS) is 12.5. The van der Waals surface area contributed by atoms with Gasteiger partial charge in [-0.1, -0.05) is 13.3 Å². The van der Waals surface area contributed by atoms with Crippen LogP contribution in [0, 0.1) is 0 Å². The second kappa shape index (κ2) is 4.81. The van der Waals surface area contributed by atoms with Gasteiger partial charge in [-0.2, -0.15) is 0 Å². The summed E-state index contributed by atoms with van der Waals surface area (Å²) in [6, 6.07) is 2.71. The molecule has 1 aromatic rings. The second-order valence-corrected chi connectivity index (χ2v) is 3.11. The first-order valence-electron chi connectivity index (χ1n) is 4.62. The summed E-state index contributed by atoms with van der Waals surface area (Å²) >= 11 is 0. The van der Waals surface area contributed by atoms with Crippen molar-refractivity contribution in [3.63, 3.8) is 0 Å². The van der Waals surface area contributed by atoms with Gasteiger partial charge in [-0.25, -0.2) is 4.79 Å². The van der Waals surface area contributed by atoms with Crippen LogP contribution in [0.2, 0.25) is 0 Å². The van der Waals surface area contributed by atoms with E-state index in [4.69, 9.17) is 14.9 Å². The van der Waals surface area contributed by atoms with Crippen molar-refractivity contribution in [2.75, 3.05) is 7.11 Å². The fraction of sp³-hybridized carbons (Fsp3) is 0.500. The number of nitrogens with two attached hydrogens (primary N) is 1. The Labute approximate surface area is 82.7 Å². The van der Waals surface area contributed by atoms with Crippen LogP contribution in [0.3, 0.4) is 0 Å². The molecule has 78 valence electrons. The van der Waals surface area contributed by atoms with Gasteiger partial charge in [0.05, 0.1) is 19.2 Å². The average Bonchev–Trinajstić information content (AvgIpc) is 2.17. The average molecular weight is 197 g/mol. The van der Waals surface area contributed by atoms with E-state index in [1.165, 1.54) is 13.2 Å². The van der Waals surface area contributed by atoms with Crippen LogP contribution in [0.25, 0.3) is 0 Å². The maximum atomic E-state index is 11.1. The molecule has 0 radical (unpaired) electrons. The quantitative estimate of drug-likeness (QED) is 0.793. The highest BCUT2D eigenvalue weighted by Crippen LogP contribution is 2.18. The van der Waals surface area contributed by atoms with Crippen LogP contribution in [-0.2, 0) is 0 Å². The van der Waals surface area contributed by atoms with Gasteiger partial charge in [-0.3, -0.25) is 0 Å². The standard InChI is InChI=1S/C10H15NO3/c1-3-4-8(11)9-5-7(13-2)6-10(12)14-9/h5-6,8H,3-4,11H2,1-2H3/t8-/m1/s1. The third kappa shape index (κ3) is 2.60. The smallest absolute Gasteiger partial charge is 0.339 e. The van der Waals surface area contributed by atoms with Gasteiger partial charge in [-0.15, -0.1) is 0 Å². The van der Waals surface area contributed by atoms with Crippen LogP contribution in [0.1, 0.15) is 31.6 Å². The molecule has 1 rings (SSSR count). The molecule has 0 aliphatic rings. The van der Waals surface area contributed by atoms with Crippen molar-refractivity contribution in [2.24, 2.45) is 5.73 Å². The third-order valence-corrected chi connectivity index (χ3v) is 1.96. The molecule has 0 amide bonds. The van der Waals surface area contributed by atoms with Crippen LogP contribution >= 0.6 is 0 Å². The Bertz CT molecular complexity index is 345. The maximum Gasteiger partial charge on any atom is 0.339 e. The van der Waals surface area contributed by atoms with Gasteiger partial charge in [0, 0.05) is 6.07 Å². The summed E-state index contributed by atoms with van der Waals surface area (Å²) in [7, 11) is 1.50. The summed E-state index contributed by atoms with van der Waals surface area (Å²) in [6.45, 7) is 2.03. The van der Waals surface area contributed by atoms with E-state index >= 15 is 0 Å². The lowest BCUT2D eigenvalue weighted by Crippen LogP contribution is -2.12.